The number of aryl methyl sites for hydroxylation is 1. The fourth-order valence-corrected chi connectivity index (χ4v) is 6.16. The Balaban J connectivity index is 1.47. The molecule has 7 nitrogen and oxygen atoms in total. The molecule has 31 heavy (non-hydrogen) atoms. The van der Waals surface area contributed by atoms with Gasteiger partial charge in [-0.3, -0.25) is 9.48 Å². The largest absolute Gasteiger partial charge is 0.316 e. The van der Waals surface area contributed by atoms with E-state index in [1.165, 1.54) is 23.0 Å². The summed E-state index contributed by atoms with van der Waals surface area (Å²) in [6.45, 7) is 6.90. The van der Waals surface area contributed by atoms with Crippen LogP contribution in [-0.4, -0.2) is 31.4 Å². The standard InChI is InChI=1S/C22H26N6OS2/c1-5-22(2,3)13-6-7-14-15(9-23)21(31-17(14)8-13)27-18(29)11-30-20-16-10-26-28(4)19(16)24-12-25-20/h10,12-13H,5-8,11H2,1-4H3,(H,27,29). The summed E-state index contributed by atoms with van der Waals surface area (Å²) >= 11 is 2.92. The number of thioether (sulfide) groups is 1. The summed E-state index contributed by atoms with van der Waals surface area (Å²) in [5.74, 6) is 0.676. The molecule has 0 aromatic carbocycles. The van der Waals surface area contributed by atoms with Crippen LogP contribution in [0.15, 0.2) is 17.6 Å². The SMILES string of the molecule is CCC(C)(C)C1CCc2c(sc(NC(=O)CSc3ncnc4c3cnn4C)c2C#N)C1. The van der Waals surface area contributed by atoms with Crippen LogP contribution in [0.2, 0.25) is 0 Å². The van der Waals surface area contributed by atoms with Gasteiger partial charge in [0.15, 0.2) is 5.65 Å². The van der Waals surface area contributed by atoms with E-state index >= 15 is 0 Å². The number of aromatic nitrogens is 4. The Hall–Kier alpha value is -2.44. The Morgan fingerprint density at radius 3 is 3.00 bits per heavy atom. The minimum atomic E-state index is -0.138. The van der Waals surface area contributed by atoms with Crippen molar-refractivity contribution in [1.29, 1.82) is 5.26 Å². The number of carbonyl (C=O) groups is 1. The summed E-state index contributed by atoms with van der Waals surface area (Å²) in [6.07, 6.45) is 7.33. The van der Waals surface area contributed by atoms with Gasteiger partial charge < -0.3 is 5.32 Å². The highest BCUT2D eigenvalue weighted by Gasteiger charge is 2.34. The van der Waals surface area contributed by atoms with Crippen LogP contribution in [0.25, 0.3) is 11.0 Å². The molecule has 1 N–H and O–H groups in total. The number of carbonyl (C=O) groups excluding carboxylic acids is 1. The first-order chi connectivity index (χ1) is 14.8. The normalized spacial score (nSPS) is 16.2. The molecule has 0 saturated heterocycles. The maximum atomic E-state index is 12.7. The van der Waals surface area contributed by atoms with Crippen molar-refractivity contribution >= 4 is 45.0 Å². The lowest BCUT2D eigenvalue weighted by molar-refractivity contribution is -0.113. The fourth-order valence-electron chi connectivity index (χ4n) is 4.10. The molecule has 1 aliphatic rings. The number of thiophene rings is 1. The van der Waals surface area contributed by atoms with E-state index in [9.17, 15) is 10.1 Å². The third-order valence-electron chi connectivity index (χ3n) is 6.48. The van der Waals surface area contributed by atoms with Crippen LogP contribution in [0.5, 0.6) is 0 Å². The lowest BCUT2D eigenvalue weighted by Crippen LogP contribution is -2.28. The van der Waals surface area contributed by atoms with Gasteiger partial charge in [0.1, 0.15) is 22.4 Å². The minimum Gasteiger partial charge on any atom is -0.316 e. The summed E-state index contributed by atoms with van der Waals surface area (Å²) in [6, 6.07) is 2.33. The van der Waals surface area contributed by atoms with Crippen LogP contribution in [0.1, 0.15) is 49.6 Å². The zero-order chi connectivity index (χ0) is 22.2. The lowest BCUT2D eigenvalue weighted by Gasteiger charge is -2.36. The molecule has 162 valence electrons. The second kappa shape index (κ2) is 8.60. The molecule has 1 aliphatic carbocycles. The number of nitrogens with zero attached hydrogens (tertiary/aromatic N) is 5. The van der Waals surface area contributed by atoms with Gasteiger partial charge in [0.05, 0.1) is 22.9 Å². The van der Waals surface area contributed by atoms with E-state index < -0.39 is 0 Å². The molecule has 1 atom stereocenters. The highest BCUT2D eigenvalue weighted by atomic mass is 32.2. The third kappa shape index (κ3) is 4.19. The van der Waals surface area contributed by atoms with Crippen LogP contribution in [-0.2, 0) is 24.7 Å². The first kappa shape index (κ1) is 21.8. The fraction of sp³-hybridized carbons (Fsp3) is 0.500. The van der Waals surface area contributed by atoms with E-state index in [1.807, 2.05) is 7.05 Å². The minimum absolute atomic E-state index is 0.138. The Morgan fingerprint density at radius 2 is 2.26 bits per heavy atom. The quantitative estimate of drug-likeness (QED) is 0.433. The van der Waals surface area contributed by atoms with Gasteiger partial charge in [0, 0.05) is 11.9 Å². The van der Waals surface area contributed by atoms with Crippen molar-refractivity contribution in [3.8, 4) is 6.07 Å². The van der Waals surface area contributed by atoms with Gasteiger partial charge in [0.2, 0.25) is 5.91 Å². The van der Waals surface area contributed by atoms with E-state index in [2.05, 4.69) is 47.2 Å². The van der Waals surface area contributed by atoms with Gasteiger partial charge in [-0.15, -0.1) is 11.3 Å². The van der Waals surface area contributed by atoms with Crippen molar-refractivity contribution in [2.75, 3.05) is 11.1 Å². The lowest BCUT2D eigenvalue weighted by atomic mass is 9.69. The zero-order valence-corrected chi connectivity index (χ0v) is 19.9. The number of hydrogen-bond acceptors (Lipinski definition) is 7. The second-order valence-corrected chi connectivity index (χ2v) is 10.7. The first-order valence-electron chi connectivity index (χ1n) is 10.4. The van der Waals surface area contributed by atoms with Crippen LogP contribution >= 0.6 is 23.1 Å². The van der Waals surface area contributed by atoms with Gasteiger partial charge in [-0.05, 0) is 36.2 Å². The maximum Gasteiger partial charge on any atom is 0.235 e. The van der Waals surface area contributed by atoms with E-state index in [-0.39, 0.29) is 17.1 Å². The summed E-state index contributed by atoms with van der Waals surface area (Å²) in [5, 5.41) is 19.2. The molecule has 4 rings (SSSR count). The molecule has 3 aromatic heterocycles. The van der Waals surface area contributed by atoms with Crippen LogP contribution in [0, 0.1) is 22.7 Å². The average Bonchev–Trinajstić information content (AvgIpc) is 3.31. The molecule has 0 bridgehead atoms. The molecule has 0 aliphatic heterocycles. The van der Waals surface area contributed by atoms with E-state index in [0.29, 0.717) is 16.5 Å². The highest BCUT2D eigenvalue weighted by Crippen LogP contribution is 2.45. The molecule has 0 saturated carbocycles. The predicted octanol–water partition coefficient (Wildman–Crippen LogP) is 4.57. The van der Waals surface area contributed by atoms with Gasteiger partial charge >= 0.3 is 0 Å². The summed E-state index contributed by atoms with van der Waals surface area (Å²) in [4.78, 5) is 22.5. The summed E-state index contributed by atoms with van der Waals surface area (Å²) in [7, 11) is 1.82. The van der Waals surface area contributed by atoms with Crippen molar-refractivity contribution in [1.82, 2.24) is 19.7 Å². The van der Waals surface area contributed by atoms with Gasteiger partial charge in [-0.1, -0.05) is 39.0 Å². The number of amides is 1. The van der Waals surface area contributed by atoms with Crippen LogP contribution < -0.4 is 5.32 Å². The Kier molecular flexibility index (Phi) is 6.04. The van der Waals surface area contributed by atoms with Crippen molar-refractivity contribution in [3.63, 3.8) is 0 Å². The molecule has 3 aromatic rings. The smallest absolute Gasteiger partial charge is 0.235 e. The molecule has 1 unspecified atom stereocenters. The van der Waals surface area contributed by atoms with Crippen molar-refractivity contribution in [3.05, 3.63) is 28.5 Å². The van der Waals surface area contributed by atoms with Crippen molar-refractivity contribution in [2.45, 2.75) is 51.5 Å². The number of nitriles is 1. The maximum absolute atomic E-state index is 12.7. The van der Waals surface area contributed by atoms with Gasteiger partial charge in [-0.2, -0.15) is 10.4 Å². The summed E-state index contributed by atoms with van der Waals surface area (Å²) in [5.41, 5.74) is 2.79. The van der Waals surface area contributed by atoms with Crippen LogP contribution in [0.3, 0.4) is 0 Å². The number of anilines is 1. The Labute approximate surface area is 190 Å². The number of nitrogens with one attached hydrogen (secondary N) is 1. The topological polar surface area (TPSA) is 96.5 Å². The third-order valence-corrected chi connectivity index (χ3v) is 8.65. The number of hydrogen-bond donors (Lipinski definition) is 1. The summed E-state index contributed by atoms with van der Waals surface area (Å²) < 4.78 is 1.68. The van der Waals surface area contributed by atoms with E-state index in [1.54, 1.807) is 22.2 Å². The number of rotatable bonds is 6. The monoisotopic (exact) mass is 454 g/mol. The van der Waals surface area contributed by atoms with E-state index in [0.717, 1.165) is 47.3 Å². The molecule has 3 heterocycles. The second-order valence-electron chi connectivity index (χ2n) is 8.62. The number of fused-ring (bicyclic) bond motifs is 2. The Morgan fingerprint density at radius 1 is 1.45 bits per heavy atom. The van der Waals surface area contributed by atoms with Crippen LogP contribution in [0.4, 0.5) is 5.00 Å². The zero-order valence-electron chi connectivity index (χ0n) is 18.2. The van der Waals surface area contributed by atoms with Gasteiger partial charge in [-0.25, -0.2) is 9.97 Å². The molecular weight excluding hydrogens is 428 g/mol. The molecule has 9 heteroatoms. The molecule has 1 amide bonds. The molecule has 0 fully saturated rings. The van der Waals surface area contributed by atoms with Gasteiger partial charge in [0.25, 0.3) is 0 Å². The predicted molar refractivity (Wildman–Crippen MR) is 124 cm³/mol. The highest BCUT2D eigenvalue weighted by molar-refractivity contribution is 8.00. The Bertz CT molecular complexity index is 1170. The first-order valence-corrected chi connectivity index (χ1v) is 12.2. The van der Waals surface area contributed by atoms with E-state index in [4.69, 9.17) is 0 Å². The van der Waals surface area contributed by atoms with Crippen molar-refractivity contribution in [2.24, 2.45) is 18.4 Å². The molecule has 0 radical (unpaired) electrons. The average molecular weight is 455 g/mol. The van der Waals surface area contributed by atoms with Crippen molar-refractivity contribution < 1.29 is 4.79 Å². The molecular formula is C22H26N6OS2. The molecule has 0 spiro atoms.